The number of carboxylic acids is 1. The van der Waals surface area contributed by atoms with Gasteiger partial charge >= 0.3 is 5.97 Å². The molecule has 0 fully saturated rings. The lowest BCUT2D eigenvalue weighted by atomic mass is 10.3. The van der Waals surface area contributed by atoms with Gasteiger partial charge in [0.1, 0.15) is 12.4 Å². The number of aryl methyl sites for hydroxylation is 1. The largest absolute Gasteiger partial charge is 0.475 e. The fourth-order valence-electron chi connectivity index (χ4n) is 1.16. The zero-order valence-electron chi connectivity index (χ0n) is 8.82. The summed E-state index contributed by atoms with van der Waals surface area (Å²) >= 11 is 0. The van der Waals surface area contributed by atoms with Crippen LogP contribution < -0.4 is 0 Å². The van der Waals surface area contributed by atoms with Gasteiger partial charge in [0, 0.05) is 5.56 Å². The molecule has 1 heterocycles. The summed E-state index contributed by atoms with van der Waals surface area (Å²) in [6.07, 6.45) is 3.75. The predicted molar refractivity (Wildman–Crippen MR) is 54.9 cm³/mol. The number of rotatable bonds is 5. The molecule has 0 aromatic carbocycles. The van der Waals surface area contributed by atoms with E-state index in [4.69, 9.17) is 14.3 Å². The number of carbonyl (C=O) groups is 1. The molecule has 0 amide bonds. The number of hydrogen-bond donors (Lipinski definition) is 1. The summed E-state index contributed by atoms with van der Waals surface area (Å²) in [7, 11) is 0. The van der Waals surface area contributed by atoms with Crippen molar-refractivity contribution in [3.05, 3.63) is 35.3 Å². The molecule has 0 bridgehead atoms. The highest BCUT2D eigenvalue weighted by Crippen LogP contribution is 2.15. The van der Waals surface area contributed by atoms with Crippen LogP contribution >= 0.6 is 0 Å². The highest BCUT2D eigenvalue weighted by Gasteiger charge is 2.13. The summed E-state index contributed by atoms with van der Waals surface area (Å²) in [4.78, 5) is 10.7. The zero-order valence-corrected chi connectivity index (χ0v) is 8.82. The summed E-state index contributed by atoms with van der Waals surface area (Å²) in [5.41, 5.74) is 0.618. The van der Waals surface area contributed by atoms with Crippen molar-refractivity contribution in [3.63, 3.8) is 0 Å². The van der Waals surface area contributed by atoms with Gasteiger partial charge in [0.25, 0.3) is 0 Å². The Labute approximate surface area is 88.2 Å². The Balaban J connectivity index is 2.55. The molecule has 4 nitrogen and oxygen atoms in total. The topological polar surface area (TPSA) is 59.7 Å². The van der Waals surface area contributed by atoms with Crippen molar-refractivity contribution in [3.8, 4) is 0 Å². The van der Waals surface area contributed by atoms with Crippen LogP contribution in [0.25, 0.3) is 0 Å². The van der Waals surface area contributed by atoms with Crippen LogP contribution in [0.1, 0.15) is 28.8 Å². The third kappa shape index (κ3) is 3.25. The lowest BCUT2D eigenvalue weighted by molar-refractivity contribution is 0.0651. The quantitative estimate of drug-likeness (QED) is 0.598. The average Bonchev–Trinajstić information content (AvgIpc) is 2.55. The van der Waals surface area contributed by atoms with E-state index in [-0.39, 0.29) is 5.76 Å². The van der Waals surface area contributed by atoms with Crippen molar-refractivity contribution >= 4 is 5.97 Å². The molecule has 0 saturated heterocycles. The molecule has 1 aromatic rings. The van der Waals surface area contributed by atoms with Gasteiger partial charge in [-0.3, -0.25) is 0 Å². The van der Waals surface area contributed by atoms with E-state index in [1.807, 2.05) is 19.1 Å². The second-order valence-corrected chi connectivity index (χ2v) is 3.11. The van der Waals surface area contributed by atoms with Crippen molar-refractivity contribution in [2.75, 3.05) is 6.61 Å². The van der Waals surface area contributed by atoms with Crippen LogP contribution in [-0.2, 0) is 11.3 Å². The smallest absolute Gasteiger partial charge is 0.372 e. The highest BCUT2D eigenvalue weighted by molar-refractivity contribution is 5.86. The Bertz CT molecular complexity index is 363. The van der Waals surface area contributed by atoms with E-state index in [9.17, 15) is 4.79 Å². The Morgan fingerprint density at radius 1 is 1.67 bits per heavy atom. The van der Waals surface area contributed by atoms with Crippen LogP contribution in [0.3, 0.4) is 0 Å². The SMILES string of the molecule is CC=CCOCc1cc(C)c(C(=O)O)o1. The third-order valence-corrected chi connectivity index (χ3v) is 1.86. The molecular formula is C11H14O4. The third-order valence-electron chi connectivity index (χ3n) is 1.86. The molecule has 0 spiro atoms. The van der Waals surface area contributed by atoms with Crippen LogP contribution in [-0.4, -0.2) is 17.7 Å². The predicted octanol–water partition coefficient (Wildman–Crippen LogP) is 2.38. The molecule has 4 heteroatoms. The van der Waals surface area contributed by atoms with Crippen molar-refractivity contribution < 1.29 is 19.1 Å². The number of aromatic carboxylic acids is 1. The summed E-state index contributed by atoms with van der Waals surface area (Å²) in [5, 5.41) is 8.74. The number of hydrogen-bond acceptors (Lipinski definition) is 3. The fraction of sp³-hybridized carbons (Fsp3) is 0.364. The summed E-state index contributed by atoms with van der Waals surface area (Å²) < 4.78 is 10.3. The van der Waals surface area contributed by atoms with Crippen molar-refractivity contribution in [1.82, 2.24) is 0 Å². The Morgan fingerprint density at radius 2 is 2.40 bits per heavy atom. The molecule has 0 radical (unpaired) electrons. The molecule has 15 heavy (non-hydrogen) atoms. The van der Waals surface area contributed by atoms with Gasteiger partial charge in [-0.15, -0.1) is 0 Å². The Kier molecular flexibility index (Phi) is 4.12. The van der Waals surface area contributed by atoms with Gasteiger partial charge in [0.05, 0.1) is 6.61 Å². The molecule has 0 aliphatic heterocycles. The highest BCUT2D eigenvalue weighted by atomic mass is 16.5. The van der Waals surface area contributed by atoms with Crippen LogP contribution in [0.2, 0.25) is 0 Å². The maximum Gasteiger partial charge on any atom is 0.372 e. The van der Waals surface area contributed by atoms with Gasteiger partial charge in [0.2, 0.25) is 5.76 Å². The monoisotopic (exact) mass is 210 g/mol. The molecule has 0 unspecified atom stereocenters. The molecular weight excluding hydrogens is 196 g/mol. The summed E-state index contributed by atoms with van der Waals surface area (Å²) in [6.45, 7) is 4.39. The summed E-state index contributed by atoms with van der Waals surface area (Å²) in [6, 6.07) is 1.68. The zero-order chi connectivity index (χ0) is 11.3. The minimum Gasteiger partial charge on any atom is -0.475 e. The lowest BCUT2D eigenvalue weighted by Gasteiger charge is -1.96. The second-order valence-electron chi connectivity index (χ2n) is 3.11. The number of furan rings is 1. The van der Waals surface area contributed by atoms with Crippen LogP contribution in [0, 0.1) is 6.92 Å². The van der Waals surface area contributed by atoms with Crippen molar-refractivity contribution in [2.24, 2.45) is 0 Å². The maximum absolute atomic E-state index is 10.7. The van der Waals surface area contributed by atoms with E-state index in [0.29, 0.717) is 24.5 Å². The van der Waals surface area contributed by atoms with Gasteiger partial charge in [-0.2, -0.15) is 0 Å². The first-order valence-electron chi connectivity index (χ1n) is 4.66. The first kappa shape index (κ1) is 11.5. The lowest BCUT2D eigenvalue weighted by Crippen LogP contribution is -1.95. The number of carboxylic acid groups (broad SMARTS) is 1. The van der Waals surface area contributed by atoms with Crippen molar-refractivity contribution in [2.45, 2.75) is 20.5 Å². The molecule has 1 N–H and O–H groups in total. The van der Waals surface area contributed by atoms with E-state index in [0.717, 1.165) is 0 Å². The number of ether oxygens (including phenoxy) is 1. The average molecular weight is 210 g/mol. The van der Waals surface area contributed by atoms with E-state index >= 15 is 0 Å². The van der Waals surface area contributed by atoms with Gasteiger partial charge in [-0.1, -0.05) is 12.2 Å². The van der Waals surface area contributed by atoms with Gasteiger partial charge < -0.3 is 14.3 Å². The molecule has 1 rings (SSSR count). The van der Waals surface area contributed by atoms with Gasteiger partial charge in [0.15, 0.2) is 0 Å². The van der Waals surface area contributed by atoms with E-state index in [1.165, 1.54) is 0 Å². The molecule has 1 aromatic heterocycles. The van der Waals surface area contributed by atoms with Gasteiger partial charge in [-0.25, -0.2) is 4.79 Å². The molecule has 0 saturated carbocycles. The minimum absolute atomic E-state index is 0.0142. The van der Waals surface area contributed by atoms with Crippen LogP contribution in [0.4, 0.5) is 0 Å². The first-order chi connectivity index (χ1) is 7.15. The molecule has 0 aliphatic rings. The molecule has 82 valence electrons. The normalized spacial score (nSPS) is 11.1. The Morgan fingerprint density at radius 3 is 2.93 bits per heavy atom. The minimum atomic E-state index is -1.05. The van der Waals surface area contributed by atoms with Gasteiger partial charge in [-0.05, 0) is 19.9 Å². The Hall–Kier alpha value is -1.55. The summed E-state index contributed by atoms with van der Waals surface area (Å²) in [5.74, 6) is -0.527. The molecule has 0 atom stereocenters. The standard InChI is InChI=1S/C11H14O4/c1-3-4-5-14-7-9-6-8(2)10(15-9)11(12)13/h3-4,6H,5,7H2,1-2H3,(H,12,13). The fourth-order valence-corrected chi connectivity index (χ4v) is 1.16. The van der Waals surface area contributed by atoms with Crippen LogP contribution in [0.15, 0.2) is 22.6 Å². The van der Waals surface area contributed by atoms with Crippen molar-refractivity contribution in [1.29, 1.82) is 0 Å². The first-order valence-corrected chi connectivity index (χ1v) is 4.66. The van der Waals surface area contributed by atoms with E-state index in [1.54, 1.807) is 13.0 Å². The van der Waals surface area contributed by atoms with E-state index < -0.39 is 5.97 Å². The number of allylic oxidation sites excluding steroid dienone is 1. The second kappa shape index (κ2) is 5.36. The molecule has 0 aliphatic carbocycles. The maximum atomic E-state index is 10.7. The van der Waals surface area contributed by atoms with Crippen LogP contribution in [0.5, 0.6) is 0 Å². The van der Waals surface area contributed by atoms with E-state index in [2.05, 4.69) is 0 Å².